The molecule has 0 spiro atoms. The first kappa shape index (κ1) is 8.64. The van der Waals surface area contributed by atoms with Crippen molar-refractivity contribution in [1.82, 2.24) is 0 Å². The molecule has 1 aliphatic rings. The molecule has 0 N–H and O–H groups in total. The zero-order valence-corrected chi connectivity index (χ0v) is 9.39. The van der Waals surface area contributed by atoms with E-state index < -0.39 is 0 Å². The fourth-order valence-corrected chi connectivity index (χ4v) is 4.58. The van der Waals surface area contributed by atoms with Crippen LogP contribution in [0.5, 0.6) is 0 Å². The summed E-state index contributed by atoms with van der Waals surface area (Å²) >= 11 is 4.01. The Kier molecular flexibility index (Phi) is 2.21. The molecule has 0 saturated carbocycles. The van der Waals surface area contributed by atoms with Crippen LogP contribution in [0.25, 0.3) is 0 Å². The zero-order chi connectivity index (χ0) is 8.72. The average molecular weight is 198 g/mol. The summed E-state index contributed by atoms with van der Waals surface area (Å²) in [5.41, 5.74) is 1.57. The monoisotopic (exact) mass is 198 g/mol. The molecule has 1 aromatic heterocycles. The van der Waals surface area contributed by atoms with Crippen molar-refractivity contribution in [2.45, 2.75) is 43.3 Å². The van der Waals surface area contributed by atoms with Crippen LogP contribution < -0.4 is 0 Å². The highest BCUT2D eigenvalue weighted by atomic mass is 32.2. The van der Waals surface area contributed by atoms with E-state index in [2.05, 4.69) is 37.9 Å². The maximum absolute atomic E-state index is 2.34. The number of hydrogen-bond acceptors (Lipinski definition) is 2. The third-order valence-corrected chi connectivity index (χ3v) is 4.70. The van der Waals surface area contributed by atoms with Crippen LogP contribution in [0, 0.1) is 0 Å². The van der Waals surface area contributed by atoms with Gasteiger partial charge in [0, 0.05) is 15.0 Å². The molecule has 0 fully saturated rings. The Morgan fingerprint density at radius 3 is 2.92 bits per heavy atom. The van der Waals surface area contributed by atoms with E-state index in [1.165, 1.54) is 6.42 Å². The fraction of sp³-hybridized carbons (Fsp3) is 0.600. The van der Waals surface area contributed by atoms with Crippen molar-refractivity contribution in [2.75, 3.05) is 0 Å². The van der Waals surface area contributed by atoms with E-state index in [0.717, 1.165) is 5.25 Å². The van der Waals surface area contributed by atoms with E-state index in [9.17, 15) is 0 Å². The van der Waals surface area contributed by atoms with Crippen LogP contribution in [-0.2, 0) is 6.42 Å². The Morgan fingerprint density at radius 2 is 2.25 bits per heavy atom. The minimum absolute atomic E-state index is 0.697. The summed E-state index contributed by atoms with van der Waals surface area (Å²) < 4.78 is 0. The van der Waals surface area contributed by atoms with Crippen molar-refractivity contribution < 1.29 is 0 Å². The third kappa shape index (κ3) is 1.31. The Balaban J connectivity index is 2.37. The van der Waals surface area contributed by atoms with Gasteiger partial charge < -0.3 is 0 Å². The van der Waals surface area contributed by atoms with Gasteiger partial charge in [-0.05, 0) is 23.3 Å². The van der Waals surface area contributed by atoms with Gasteiger partial charge in [0.1, 0.15) is 0 Å². The predicted molar refractivity (Wildman–Crippen MR) is 57.4 cm³/mol. The predicted octanol–water partition coefficient (Wildman–Crippen LogP) is 3.91. The number of fused-ring (bicyclic) bond motifs is 1. The minimum Gasteiger partial charge on any atom is -0.147 e. The molecule has 0 aliphatic carbocycles. The van der Waals surface area contributed by atoms with Crippen molar-refractivity contribution in [3.8, 4) is 0 Å². The lowest BCUT2D eigenvalue weighted by Crippen LogP contribution is -1.90. The first-order valence-corrected chi connectivity index (χ1v) is 6.21. The summed E-state index contributed by atoms with van der Waals surface area (Å²) in [6, 6.07) is 0. The molecule has 0 aromatic carbocycles. The van der Waals surface area contributed by atoms with Gasteiger partial charge in [-0.1, -0.05) is 20.8 Å². The third-order valence-electron chi connectivity index (χ3n) is 2.26. The Labute approximate surface area is 82.4 Å². The lowest BCUT2D eigenvalue weighted by atomic mass is 10.1. The molecule has 1 aromatic rings. The average Bonchev–Trinajstić information content (AvgIpc) is 2.43. The molecule has 1 atom stereocenters. The molecule has 2 rings (SSSR count). The van der Waals surface area contributed by atoms with Crippen molar-refractivity contribution >= 4 is 23.1 Å². The van der Waals surface area contributed by atoms with Crippen LogP contribution in [-0.4, -0.2) is 5.25 Å². The van der Waals surface area contributed by atoms with Gasteiger partial charge in [-0.25, -0.2) is 0 Å². The molecule has 0 saturated heterocycles. The van der Waals surface area contributed by atoms with Crippen LogP contribution in [0.15, 0.2) is 10.3 Å². The van der Waals surface area contributed by atoms with Crippen LogP contribution in [0.1, 0.15) is 37.1 Å². The Hall–Kier alpha value is 0.0500. The second kappa shape index (κ2) is 3.08. The van der Waals surface area contributed by atoms with E-state index in [1.54, 1.807) is 15.3 Å². The molecule has 1 aliphatic heterocycles. The van der Waals surface area contributed by atoms with Crippen LogP contribution >= 0.6 is 23.1 Å². The first-order valence-electron chi connectivity index (χ1n) is 4.45. The molecule has 1 unspecified atom stereocenters. The molecular formula is C10H14S2. The standard InChI is InChI=1S/C10H14S2/c1-6(2)8-5-11-9-4-7(3)12-10(8)9/h5-7H,4H2,1-3H3. The zero-order valence-electron chi connectivity index (χ0n) is 7.76. The largest absolute Gasteiger partial charge is 0.147 e. The van der Waals surface area contributed by atoms with E-state index in [-0.39, 0.29) is 0 Å². The fourth-order valence-electron chi connectivity index (χ4n) is 1.58. The van der Waals surface area contributed by atoms with E-state index >= 15 is 0 Å². The maximum atomic E-state index is 2.34. The van der Waals surface area contributed by atoms with Crippen molar-refractivity contribution in [3.63, 3.8) is 0 Å². The normalized spacial score (nSPS) is 21.8. The van der Waals surface area contributed by atoms with E-state index in [0.29, 0.717) is 5.92 Å². The highest BCUT2D eigenvalue weighted by molar-refractivity contribution is 8.00. The summed E-state index contributed by atoms with van der Waals surface area (Å²) in [5.74, 6) is 0.697. The number of thioether (sulfide) groups is 1. The molecule has 0 bridgehead atoms. The van der Waals surface area contributed by atoms with Gasteiger partial charge in [-0.2, -0.15) is 0 Å². The summed E-state index contributed by atoms with van der Waals surface area (Å²) in [6.45, 7) is 6.89. The number of hydrogen-bond donors (Lipinski definition) is 0. The SMILES string of the molecule is CC1Cc2scc(C(C)C)c2S1. The highest BCUT2D eigenvalue weighted by Crippen LogP contribution is 2.45. The summed E-state index contributed by atoms with van der Waals surface area (Å²) in [4.78, 5) is 3.22. The first-order chi connectivity index (χ1) is 5.68. The molecule has 2 heterocycles. The molecular weight excluding hydrogens is 184 g/mol. The smallest absolute Gasteiger partial charge is 0.0249 e. The van der Waals surface area contributed by atoms with Gasteiger partial charge in [-0.3, -0.25) is 0 Å². The molecule has 66 valence electrons. The summed E-state index contributed by atoms with van der Waals surface area (Å²) in [6.07, 6.45) is 1.29. The molecule has 12 heavy (non-hydrogen) atoms. The van der Waals surface area contributed by atoms with Crippen LogP contribution in [0.4, 0.5) is 0 Å². The highest BCUT2D eigenvalue weighted by Gasteiger charge is 2.24. The van der Waals surface area contributed by atoms with Gasteiger partial charge in [0.25, 0.3) is 0 Å². The number of rotatable bonds is 1. The molecule has 0 nitrogen and oxygen atoms in total. The van der Waals surface area contributed by atoms with Gasteiger partial charge in [-0.15, -0.1) is 23.1 Å². The van der Waals surface area contributed by atoms with Gasteiger partial charge in [0.05, 0.1) is 0 Å². The Morgan fingerprint density at radius 1 is 1.50 bits per heavy atom. The quantitative estimate of drug-likeness (QED) is 0.659. The lowest BCUT2D eigenvalue weighted by molar-refractivity contribution is 0.848. The van der Waals surface area contributed by atoms with Gasteiger partial charge in [0.2, 0.25) is 0 Å². The van der Waals surface area contributed by atoms with Crippen molar-refractivity contribution in [3.05, 3.63) is 15.8 Å². The minimum atomic E-state index is 0.697. The molecule has 2 heteroatoms. The second-order valence-corrected chi connectivity index (χ2v) is 6.14. The topological polar surface area (TPSA) is 0 Å². The summed E-state index contributed by atoms with van der Waals surface area (Å²) in [5, 5.41) is 3.15. The number of thiophene rings is 1. The second-order valence-electron chi connectivity index (χ2n) is 3.73. The maximum Gasteiger partial charge on any atom is 0.0249 e. The van der Waals surface area contributed by atoms with Crippen molar-refractivity contribution in [1.29, 1.82) is 0 Å². The van der Waals surface area contributed by atoms with Crippen LogP contribution in [0.2, 0.25) is 0 Å². The van der Waals surface area contributed by atoms with Gasteiger partial charge >= 0.3 is 0 Å². The lowest BCUT2D eigenvalue weighted by Gasteiger charge is -2.04. The molecule has 0 radical (unpaired) electrons. The van der Waals surface area contributed by atoms with Crippen LogP contribution in [0.3, 0.4) is 0 Å². The van der Waals surface area contributed by atoms with E-state index in [1.807, 2.05) is 11.3 Å². The Bertz CT molecular complexity index is 286. The summed E-state index contributed by atoms with van der Waals surface area (Å²) in [7, 11) is 0. The van der Waals surface area contributed by atoms with Crippen molar-refractivity contribution in [2.24, 2.45) is 0 Å². The van der Waals surface area contributed by atoms with Gasteiger partial charge in [0.15, 0.2) is 0 Å². The van der Waals surface area contributed by atoms with E-state index in [4.69, 9.17) is 0 Å². The molecule has 0 amide bonds.